The average Bonchev–Trinajstić information content (AvgIpc) is 2.95. The van der Waals surface area contributed by atoms with Crippen molar-refractivity contribution in [2.45, 2.75) is 13.2 Å². The monoisotopic (exact) mass is 572 g/mol. The molecule has 1 N–H and O–H groups in total. The molecule has 5 rings (SSSR count). The zero-order valence-electron chi connectivity index (χ0n) is 21.0. The highest BCUT2D eigenvalue weighted by Gasteiger charge is 2.37. The standard InChI is InChI=1S/C31H22Cl2N2O5/c32-23-10-15-28(40-18-20-6-2-1-3-7-20)22(16-23)17-26-29(36)34-31(38)35(30(26)37)24-11-13-25(14-12-24)39-19-21-8-4-5-9-27(21)33/h1-17H,18-19H2,(H,34,36,38)/b26-17+. The highest BCUT2D eigenvalue weighted by Crippen LogP contribution is 2.29. The van der Waals surface area contributed by atoms with Crippen molar-refractivity contribution < 1.29 is 23.9 Å². The first-order chi connectivity index (χ1) is 19.4. The number of carbonyl (C=O) groups is 3. The molecule has 0 spiro atoms. The van der Waals surface area contributed by atoms with Gasteiger partial charge >= 0.3 is 6.03 Å². The van der Waals surface area contributed by atoms with Gasteiger partial charge in [-0.25, -0.2) is 9.69 Å². The van der Waals surface area contributed by atoms with Crippen LogP contribution in [0.2, 0.25) is 10.0 Å². The van der Waals surface area contributed by atoms with Gasteiger partial charge in [-0.3, -0.25) is 14.9 Å². The fourth-order valence-electron chi connectivity index (χ4n) is 4.01. The van der Waals surface area contributed by atoms with E-state index in [-0.39, 0.29) is 24.5 Å². The van der Waals surface area contributed by atoms with E-state index in [0.29, 0.717) is 27.1 Å². The van der Waals surface area contributed by atoms with Crippen LogP contribution >= 0.6 is 23.2 Å². The van der Waals surface area contributed by atoms with Gasteiger partial charge in [0.2, 0.25) is 0 Å². The van der Waals surface area contributed by atoms with E-state index in [1.807, 2.05) is 48.5 Å². The quantitative estimate of drug-likeness (QED) is 0.185. The van der Waals surface area contributed by atoms with Crippen molar-refractivity contribution in [3.63, 3.8) is 0 Å². The van der Waals surface area contributed by atoms with E-state index < -0.39 is 17.8 Å². The molecule has 7 nitrogen and oxygen atoms in total. The van der Waals surface area contributed by atoms with Crippen molar-refractivity contribution in [1.29, 1.82) is 0 Å². The Morgan fingerprint density at radius 1 is 0.775 bits per heavy atom. The minimum Gasteiger partial charge on any atom is -0.489 e. The van der Waals surface area contributed by atoms with Crippen molar-refractivity contribution in [2.24, 2.45) is 0 Å². The summed E-state index contributed by atoms with van der Waals surface area (Å²) in [6.07, 6.45) is 1.37. The molecule has 1 saturated heterocycles. The van der Waals surface area contributed by atoms with Crippen molar-refractivity contribution in [1.82, 2.24) is 5.32 Å². The number of urea groups is 1. The lowest BCUT2D eigenvalue weighted by Crippen LogP contribution is -2.54. The summed E-state index contributed by atoms with van der Waals surface area (Å²) in [7, 11) is 0. The molecule has 200 valence electrons. The summed E-state index contributed by atoms with van der Waals surface area (Å²) in [6, 6.07) is 27.3. The minimum atomic E-state index is -0.858. The second-order valence-corrected chi connectivity index (χ2v) is 9.63. The molecule has 0 atom stereocenters. The molecule has 1 aliphatic rings. The maximum absolute atomic E-state index is 13.4. The van der Waals surface area contributed by atoms with E-state index in [1.165, 1.54) is 6.08 Å². The summed E-state index contributed by atoms with van der Waals surface area (Å²) in [5.41, 5.74) is 2.20. The van der Waals surface area contributed by atoms with Gasteiger partial charge in [0.25, 0.3) is 11.8 Å². The topological polar surface area (TPSA) is 84.9 Å². The first kappa shape index (κ1) is 27.0. The summed E-state index contributed by atoms with van der Waals surface area (Å²) < 4.78 is 11.7. The van der Waals surface area contributed by atoms with Gasteiger partial charge < -0.3 is 9.47 Å². The summed E-state index contributed by atoms with van der Waals surface area (Å²) in [6.45, 7) is 0.520. The molecule has 1 aliphatic heterocycles. The predicted octanol–water partition coefficient (Wildman–Crippen LogP) is 6.82. The van der Waals surface area contributed by atoms with Gasteiger partial charge in [-0.15, -0.1) is 0 Å². The largest absolute Gasteiger partial charge is 0.489 e. The summed E-state index contributed by atoms with van der Waals surface area (Å²) in [5.74, 6) is -0.670. The van der Waals surface area contributed by atoms with Crippen LogP contribution in [0.25, 0.3) is 6.08 Å². The molecular weight excluding hydrogens is 551 g/mol. The summed E-state index contributed by atoms with van der Waals surface area (Å²) >= 11 is 12.4. The van der Waals surface area contributed by atoms with Crippen LogP contribution < -0.4 is 19.7 Å². The molecule has 0 bridgehead atoms. The van der Waals surface area contributed by atoms with Gasteiger partial charge in [0.05, 0.1) is 5.69 Å². The van der Waals surface area contributed by atoms with Gasteiger partial charge in [-0.05, 0) is 60.2 Å². The molecular formula is C31H22Cl2N2O5. The van der Waals surface area contributed by atoms with E-state index in [4.69, 9.17) is 32.7 Å². The van der Waals surface area contributed by atoms with Crippen LogP contribution in [0, 0.1) is 0 Å². The van der Waals surface area contributed by atoms with Gasteiger partial charge in [0.1, 0.15) is 30.3 Å². The molecule has 9 heteroatoms. The minimum absolute atomic E-state index is 0.245. The van der Waals surface area contributed by atoms with Crippen LogP contribution in [0.5, 0.6) is 11.5 Å². The lowest BCUT2D eigenvalue weighted by Gasteiger charge is -2.26. The number of benzene rings is 4. The highest BCUT2D eigenvalue weighted by atomic mass is 35.5. The van der Waals surface area contributed by atoms with Crippen LogP contribution in [0.3, 0.4) is 0 Å². The molecule has 4 aromatic carbocycles. The van der Waals surface area contributed by atoms with Gasteiger partial charge in [-0.2, -0.15) is 0 Å². The number of ether oxygens (including phenoxy) is 2. The number of barbiturate groups is 1. The van der Waals surface area contributed by atoms with Crippen LogP contribution in [0.1, 0.15) is 16.7 Å². The number of nitrogens with zero attached hydrogens (tertiary/aromatic N) is 1. The molecule has 0 aromatic heterocycles. The predicted molar refractivity (Wildman–Crippen MR) is 153 cm³/mol. The van der Waals surface area contributed by atoms with E-state index in [2.05, 4.69) is 5.32 Å². The lowest BCUT2D eigenvalue weighted by molar-refractivity contribution is -0.122. The highest BCUT2D eigenvalue weighted by molar-refractivity contribution is 6.39. The first-order valence-corrected chi connectivity index (χ1v) is 13.0. The average molecular weight is 573 g/mol. The number of hydrogen-bond acceptors (Lipinski definition) is 5. The number of imide groups is 2. The van der Waals surface area contributed by atoms with Crippen molar-refractivity contribution >= 4 is 52.8 Å². The molecule has 4 aromatic rings. The van der Waals surface area contributed by atoms with E-state index >= 15 is 0 Å². The zero-order chi connectivity index (χ0) is 28.1. The maximum atomic E-state index is 13.4. The van der Waals surface area contributed by atoms with Crippen LogP contribution in [0.15, 0.2) is 103 Å². The van der Waals surface area contributed by atoms with Gasteiger partial charge in [0, 0.05) is 21.2 Å². The van der Waals surface area contributed by atoms with E-state index in [0.717, 1.165) is 16.0 Å². The summed E-state index contributed by atoms with van der Waals surface area (Å²) in [5, 5.41) is 3.21. The number of nitrogens with one attached hydrogen (secondary N) is 1. The Labute approximate surface area is 240 Å². The molecule has 0 aliphatic carbocycles. The third kappa shape index (κ3) is 6.17. The summed E-state index contributed by atoms with van der Waals surface area (Å²) in [4.78, 5) is 39.7. The van der Waals surface area contributed by atoms with Gasteiger partial charge in [-0.1, -0.05) is 71.7 Å². The molecule has 0 radical (unpaired) electrons. The van der Waals surface area contributed by atoms with Crippen LogP contribution in [-0.2, 0) is 22.8 Å². The number of halogens is 2. The number of rotatable bonds is 8. The molecule has 4 amide bonds. The molecule has 0 saturated carbocycles. The zero-order valence-corrected chi connectivity index (χ0v) is 22.5. The van der Waals surface area contributed by atoms with Crippen molar-refractivity contribution in [2.75, 3.05) is 4.90 Å². The fourth-order valence-corrected chi connectivity index (χ4v) is 4.39. The molecule has 0 unspecified atom stereocenters. The number of carbonyl (C=O) groups excluding carboxylic acids is 3. The third-order valence-electron chi connectivity index (χ3n) is 6.06. The number of hydrogen-bond donors (Lipinski definition) is 1. The van der Waals surface area contributed by atoms with Gasteiger partial charge in [0.15, 0.2) is 0 Å². The molecule has 40 heavy (non-hydrogen) atoms. The third-order valence-corrected chi connectivity index (χ3v) is 6.66. The Kier molecular flexibility index (Phi) is 8.15. The second kappa shape index (κ2) is 12.1. The molecule has 1 heterocycles. The second-order valence-electron chi connectivity index (χ2n) is 8.79. The molecule has 1 fully saturated rings. The lowest BCUT2D eigenvalue weighted by atomic mass is 10.1. The van der Waals surface area contributed by atoms with E-state index in [9.17, 15) is 14.4 Å². The maximum Gasteiger partial charge on any atom is 0.335 e. The Balaban J connectivity index is 1.36. The SMILES string of the molecule is O=C1NC(=O)N(c2ccc(OCc3ccccc3Cl)cc2)C(=O)/C1=C/c1cc(Cl)ccc1OCc1ccccc1. The van der Waals surface area contributed by atoms with Crippen LogP contribution in [-0.4, -0.2) is 17.8 Å². The van der Waals surface area contributed by atoms with E-state index in [1.54, 1.807) is 48.5 Å². The Morgan fingerprint density at radius 2 is 1.50 bits per heavy atom. The van der Waals surface area contributed by atoms with Crippen molar-refractivity contribution in [3.8, 4) is 11.5 Å². The Bertz CT molecular complexity index is 1600. The Morgan fingerprint density at radius 3 is 2.25 bits per heavy atom. The van der Waals surface area contributed by atoms with Crippen LogP contribution in [0.4, 0.5) is 10.5 Å². The Hall–Kier alpha value is -4.59. The number of anilines is 1. The first-order valence-electron chi connectivity index (χ1n) is 12.2. The van der Waals surface area contributed by atoms with Crippen molar-refractivity contribution in [3.05, 3.63) is 129 Å². The smallest absolute Gasteiger partial charge is 0.335 e. The normalized spacial score (nSPS) is 14.3. The number of amides is 4. The fraction of sp³-hybridized carbons (Fsp3) is 0.0645.